The van der Waals surface area contributed by atoms with Crippen molar-refractivity contribution in [2.24, 2.45) is 0 Å². The van der Waals surface area contributed by atoms with Crippen LogP contribution in [0.15, 0.2) is 52.3 Å². The Balaban J connectivity index is 2.10. The third-order valence-corrected chi connectivity index (χ3v) is 6.38. The van der Waals surface area contributed by atoms with E-state index in [1.54, 1.807) is 30.3 Å². The molecule has 0 aromatic heterocycles. The zero-order chi connectivity index (χ0) is 20.0. The molecule has 7 nitrogen and oxygen atoms in total. The minimum atomic E-state index is -3.77. The van der Waals surface area contributed by atoms with Crippen molar-refractivity contribution >= 4 is 33.4 Å². The SMILES string of the molecule is COc1ccc(NC(=O)CN(C)S(=O)(=O)c2ccc(SC)cc2)c(OC)c1. The maximum absolute atomic E-state index is 12.6. The summed E-state index contributed by atoms with van der Waals surface area (Å²) in [5.41, 5.74) is 0.429. The number of likely N-dealkylation sites (N-methyl/N-ethyl adjacent to an activating group) is 1. The van der Waals surface area contributed by atoms with Gasteiger partial charge in [-0.1, -0.05) is 0 Å². The van der Waals surface area contributed by atoms with Gasteiger partial charge in [0.15, 0.2) is 0 Å². The van der Waals surface area contributed by atoms with Gasteiger partial charge in [-0.15, -0.1) is 11.8 Å². The van der Waals surface area contributed by atoms with Gasteiger partial charge in [-0.25, -0.2) is 8.42 Å². The summed E-state index contributed by atoms with van der Waals surface area (Å²) in [4.78, 5) is 13.4. The molecule has 146 valence electrons. The summed E-state index contributed by atoms with van der Waals surface area (Å²) in [5.74, 6) is 0.518. The van der Waals surface area contributed by atoms with Crippen molar-refractivity contribution in [3.05, 3.63) is 42.5 Å². The number of amides is 1. The Morgan fingerprint density at radius 1 is 1.11 bits per heavy atom. The monoisotopic (exact) mass is 410 g/mol. The highest BCUT2D eigenvalue weighted by Gasteiger charge is 2.23. The number of rotatable bonds is 8. The lowest BCUT2D eigenvalue weighted by Crippen LogP contribution is -2.35. The maximum Gasteiger partial charge on any atom is 0.243 e. The molecular formula is C18H22N2O5S2. The van der Waals surface area contributed by atoms with Crippen molar-refractivity contribution in [1.82, 2.24) is 4.31 Å². The number of methoxy groups -OCH3 is 2. The van der Waals surface area contributed by atoms with Crippen LogP contribution in [-0.4, -0.2) is 52.7 Å². The molecule has 0 spiro atoms. The van der Waals surface area contributed by atoms with E-state index in [9.17, 15) is 13.2 Å². The van der Waals surface area contributed by atoms with Gasteiger partial charge in [-0.2, -0.15) is 4.31 Å². The smallest absolute Gasteiger partial charge is 0.243 e. The van der Waals surface area contributed by atoms with Gasteiger partial charge in [0.1, 0.15) is 11.5 Å². The third kappa shape index (κ3) is 5.15. The third-order valence-electron chi connectivity index (χ3n) is 3.82. The fourth-order valence-electron chi connectivity index (χ4n) is 2.31. The predicted molar refractivity (Wildman–Crippen MR) is 106 cm³/mol. The molecule has 0 aliphatic rings. The largest absolute Gasteiger partial charge is 0.497 e. The molecule has 0 bridgehead atoms. The molecule has 0 saturated carbocycles. The van der Waals surface area contributed by atoms with E-state index < -0.39 is 15.9 Å². The molecule has 0 atom stereocenters. The predicted octanol–water partition coefficient (Wildman–Crippen LogP) is 2.68. The molecule has 1 amide bonds. The van der Waals surface area contributed by atoms with Gasteiger partial charge in [0.05, 0.1) is 31.3 Å². The van der Waals surface area contributed by atoms with Crippen LogP contribution in [-0.2, 0) is 14.8 Å². The number of hydrogen-bond acceptors (Lipinski definition) is 6. The number of ether oxygens (including phenoxy) is 2. The van der Waals surface area contributed by atoms with Crippen molar-refractivity contribution < 1.29 is 22.7 Å². The van der Waals surface area contributed by atoms with E-state index in [-0.39, 0.29) is 11.4 Å². The Morgan fingerprint density at radius 3 is 2.33 bits per heavy atom. The molecular weight excluding hydrogens is 388 g/mol. The lowest BCUT2D eigenvalue weighted by Gasteiger charge is -2.18. The van der Waals surface area contributed by atoms with E-state index in [4.69, 9.17) is 9.47 Å². The molecule has 0 aliphatic carbocycles. The van der Waals surface area contributed by atoms with Crippen molar-refractivity contribution in [2.75, 3.05) is 39.4 Å². The van der Waals surface area contributed by atoms with E-state index in [0.29, 0.717) is 17.2 Å². The molecule has 0 fully saturated rings. The Hall–Kier alpha value is -2.23. The molecule has 0 heterocycles. The van der Waals surface area contributed by atoms with Crippen LogP contribution in [0.25, 0.3) is 0 Å². The normalized spacial score (nSPS) is 11.3. The maximum atomic E-state index is 12.6. The number of anilines is 1. The van der Waals surface area contributed by atoms with Crippen LogP contribution >= 0.6 is 11.8 Å². The highest BCUT2D eigenvalue weighted by molar-refractivity contribution is 7.98. The minimum absolute atomic E-state index is 0.137. The summed E-state index contributed by atoms with van der Waals surface area (Å²) in [6, 6.07) is 11.5. The molecule has 1 N–H and O–H groups in total. The average molecular weight is 411 g/mol. The first-order chi connectivity index (χ1) is 12.8. The molecule has 2 aromatic carbocycles. The van der Waals surface area contributed by atoms with Crippen LogP contribution in [0.3, 0.4) is 0 Å². The van der Waals surface area contributed by atoms with Gasteiger partial charge in [-0.3, -0.25) is 4.79 Å². The van der Waals surface area contributed by atoms with E-state index >= 15 is 0 Å². The fourth-order valence-corrected chi connectivity index (χ4v) is 3.84. The zero-order valence-corrected chi connectivity index (χ0v) is 17.2. The van der Waals surface area contributed by atoms with Gasteiger partial charge in [-0.05, 0) is 42.7 Å². The lowest BCUT2D eigenvalue weighted by molar-refractivity contribution is -0.116. The van der Waals surface area contributed by atoms with Crippen LogP contribution in [0.4, 0.5) is 5.69 Å². The molecule has 0 aliphatic heterocycles. The fraction of sp³-hybridized carbons (Fsp3) is 0.278. The number of hydrogen-bond donors (Lipinski definition) is 1. The highest BCUT2D eigenvalue weighted by Crippen LogP contribution is 2.29. The molecule has 0 radical (unpaired) electrons. The molecule has 2 aromatic rings. The van der Waals surface area contributed by atoms with E-state index in [1.165, 1.54) is 45.2 Å². The number of carbonyl (C=O) groups excluding carboxylic acids is 1. The van der Waals surface area contributed by atoms with Crippen LogP contribution < -0.4 is 14.8 Å². The van der Waals surface area contributed by atoms with Gasteiger partial charge in [0.2, 0.25) is 15.9 Å². The van der Waals surface area contributed by atoms with Crippen molar-refractivity contribution in [3.63, 3.8) is 0 Å². The van der Waals surface area contributed by atoms with Gasteiger partial charge in [0.25, 0.3) is 0 Å². The zero-order valence-electron chi connectivity index (χ0n) is 15.6. The quantitative estimate of drug-likeness (QED) is 0.674. The Morgan fingerprint density at radius 2 is 1.78 bits per heavy atom. The molecule has 0 unspecified atom stereocenters. The summed E-state index contributed by atoms with van der Waals surface area (Å²) in [6.45, 7) is -0.332. The summed E-state index contributed by atoms with van der Waals surface area (Å²) < 4.78 is 36.6. The van der Waals surface area contributed by atoms with Crippen LogP contribution in [0.5, 0.6) is 11.5 Å². The summed E-state index contributed by atoms with van der Waals surface area (Å²) >= 11 is 1.52. The van der Waals surface area contributed by atoms with E-state index in [1.807, 2.05) is 6.26 Å². The van der Waals surface area contributed by atoms with Gasteiger partial charge in [0, 0.05) is 18.0 Å². The molecule has 2 rings (SSSR count). The minimum Gasteiger partial charge on any atom is -0.497 e. The molecule has 9 heteroatoms. The molecule has 0 saturated heterocycles. The lowest BCUT2D eigenvalue weighted by atomic mass is 10.2. The molecule has 27 heavy (non-hydrogen) atoms. The van der Waals surface area contributed by atoms with Crippen molar-refractivity contribution in [3.8, 4) is 11.5 Å². The van der Waals surface area contributed by atoms with Gasteiger partial charge < -0.3 is 14.8 Å². The Kier molecular flexibility index (Phi) is 7.11. The topological polar surface area (TPSA) is 84.9 Å². The van der Waals surface area contributed by atoms with Crippen molar-refractivity contribution in [1.29, 1.82) is 0 Å². The first kappa shape index (κ1) is 21.1. The number of nitrogens with zero attached hydrogens (tertiary/aromatic N) is 1. The van der Waals surface area contributed by atoms with Crippen molar-refractivity contribution in [2.45, 2.75) is 9.79 Å². The van der Waals surface area contributed by atoms with Crippen LogP contribution in [0.2, 0.25) is 0 Å². The number of thioether (sulfide) groups is 1. The number of nitrogens with one attached hydrogen (secondary N) is 1. The summed E-state index contributed by atoms with van der Waals surface area (Å²) in [5, 5.41) is 2.66. The second kappa shape index (κ2) is 9.12. The second-order valence-corrected chi connectivity index (χ2v) is 8.48. The van der Waals surface area contributed by atoms with Crippen LogP contribution in [0, 0.1) is 0 Å². The van der Waals surface area contributed by atoms with E-state index in [2.05, 4.69) is 5.32 Å². The Labute approximate surface area is 163 Å². The standard InChI is InChI=1S/C18H22N2O5S2/c1-20(27(22,23)15-8-6-14(26-4)7-9-15)12-18(21)19-16-10-5-13(24-2)11-17(16)25-3/h5-11H,12H2,1-4H3,(H,19,21). The first-order valence-corrected chi connectivity index (χ1v) is 10.6. The summed E-state index contributed by atoms with van der Waals surface area (Å²) in [7, 11) is 0.596. The average Bonchev–Trinajstić information content (AvgIpc) is 2.68. The highest BCUT2D eigenvalue weighted by atomic mass is 32.2. The first-order valence-electron chi connectivity index (χ1n) is 7.94. The number of carbonyl (C=O) groups is 1. The Bertz CT molecular complexity index is 898. The number of benzene rings is 2. The summed E-state index contributed by atoms with van der Waals surface area (Å²) in [6.07, 6.45) is 1.91. The van der Waals surface area contributed by atoms with Gasteiger partial charge >= 0.3 is 0 Å². The van der Waals surface area contributed by atoms with Crippen LogP contribution in [0.1, 0.15) is 0 Å². The van der Waals surface area contributed by atoms with E-state index in [0.717, 1.165) is 9.20 Å². The second-order valence-electron chi connectivity index (χ2n) is 5.55. The number of sulfonamides is 1.